The van der Waals surface area contributed by atoms with Crippen molar-refractivity contribution in [2.75, 3.05) is 0 Å². The summed E-state index contributed by atoms with van der Waals surface area (Å²) in [5, 5.41) is 16.6. The topological polar surface area (TPSA) is 91.4 Å². The fourth-order valence-electron chi connectivity index (χ4n) is 3.69. The Morgan fingerprint density at radius 1 is 0.550 bits per heavy atom. The second-order valence-corrected chi connectivity index (χ2v) is 8.07. The number of hydrogen-bond donors (Lipinski definition) is 0. The van der Waals surface area contributed by atoms with Gasteiger partial charge in [0.15, 0.2) is 0 Å². The fraction of sp³-hybridized carbons (Fsp3) is 0. The van der Waals surface area contributed by atoms with E-state index in [1.807, 2.05) is 115 Å². The number of aromatic nitrogens is 7. The van der Waals surface area contributed by atoms with E-state index in [-0.39, 0.29) is 20.1 Å². The van der Waals surface area contributed by atoms with E-state index in [0.29, 0.717) is 5.82 Å². The molecule has 0 atom stereocenters. The molecule has 4 aromatic heterocycles. The van der Waals surface area contributed by atoms with Crippen LogP contribution in [0.2, 0.25) is 0 Å². The average molecular weight is 697 g/mol. The van der Waals surface area contributed by atoms with Gasteiger partial charge in [0, 0.05) is 24.0 Å². The number of nitrogens with zero attached hydrogens (tertiary/aromatic N) is 7. The van der Waals surface area contributed by atoms with Crippen LogP contribution in [0.25, 0.3) is 44.8 Å². The van der Waals surface area contributed by atoms with Gasteiger partial charge in [-0.25, -0.2) is 0 Å². The molecule has 0 unspecified atom stereocenters. The van der Waals surface area contributed by atoms with Crippen molar-refractivity contribution >= 4 is 10.8 Å². The van der Waals surface area contributed by atoms with Crippen molar-refractivity contribution in [3.63, 3.8) is 0 Å². The van der Waals surface area contributed by atoms with E-state index in [2.05, 4.69) is 47.7 Å². The minimum atomic E-state index is 0. The molecule has 7 aromatic rings. The SMILES string of the molecule is [Ir+3].[c-]1ccccc1-c1ccccn1.[c-]1ccccc1-c1ccccn1.c1ccc2c(-c3nnn[n-]3)nccc2c1. The molecule has 0 saturated carbocycles. The van der Waals surface area contributed by atoms with Gasteiger partial charge in [0.05, 0.1) is 11.5 Å². The van der Waals surface area contributed by atoms with Gasteiger partial charge in [0.1, 0.15) is 0 Å². The molecule has 7 rings (SSSR count). The van der Waals surface area contributed by atoms with Crippen molar-refractivity contribution < 1.29 is 20.1 Å². The van der Waals surface area contributed by atoms with E-state index in [1.165, 1.54) is 0 Å². The van der Waals surface area contributed by atoms with Gasteiger partial charge in [-0.05, 0) is 35.0 Å². The zero-order chi connectivity index (χ0) is 26.5. The quantitative estimate of drug-likeness (QED) is 0.205. The van der Waals surface area contributed by atoms with Gasteiger partial charge in [-0.1, -0.05) is 48.5 Å². The Morgan fingerprint density at radius 2 is 1.15 bits per heavy atom. The van der Waals surface area contributed by atoms with Crippen molar-refractivity contribution in [1.29, 1.82) is 0 Å². The average Bonchev–Trinajstić information content (AvgIpc) is 3.58. The summed E-state index contributed by atoms with van der Waals surface area (Å²) < 4.78 is 0. The predicted octanol–water partition coefficient (Wildman–Crippen LogP) is 6.14. The number of rotatable bonds is 3. The predicted molar refractivity (Wildman–Crippen MR) is 151 cm³/mol. The Balaban J connectivity index is 0.000000138. The van der Waals surface area contributed by atoms with E-state index < -0.39 is 0 Å². The summed E-state index contributed by atoms with van der Waals surface area (Å²) in [5.74, 6) is 0.465. The molecule has 7 nitrogen and oxygen atoms in total. The van der Waals surface area contributed by atoms with E-state index >= 15 is 0 Å². The molecular weight excluding hydrogens is 675 g/mol. The number of tetrazole rings is 1. The Bertz CT molecular complexity index is 1530. The van der Waals surface area contributed by atoms with Crippen LogP contribution in [-0.4, -0.2) is 30.5 Å². The first kappa shape index (κ1) is 28.1. The zero-order valence-corrected chi connectivity index (χ0v) is 23.6. The molecule has 0 fully saturated rings. The summed E-state index contributed by atoms with van der Waals surface area (Å²) in [4.78, 5) is 12.7. The molecule has 0 aliphatic carbocycles. The second kappa shape index (κ2) is 14.9. The maximum absolute atomic E-state index is 4.24. The van der Waals surface area contributed by atoms with E-state index in [1.54, 1.807) is 18.6 Å². The monoisotopic (exact) mass is 697 g/mol. The van der Waals surface area contributed by atoms with Gasteiger partial charge in [0.2, 0.25) is 0 Å². The normalized spacial score (nSPS) is 9.80. The minimum absolute atomic E-state index is 0. The van der Waals surface area contributed by atoms with Crippen LogP contribution in [-0.2, 0) is 20.1 Å². The van der Waals surface area contributed by atoms with Gasteiger partial charge in [0.25, 0.3) is 0 Å². The van der Waals surface area contributed by atoms with Gasteiger partial charge >= 0.3 is 20.1 Å². The third-order valence-electron chi connectivity index (χ3n) is 5.50. The maximum atomic E-state index is 4.24. The van der Waals surface area contributed by atoms with Crippen LogP contribution in [0.1, 0.15) is 0 Å². The molecule has 0 saturated heterocycles. The summed E-state index contributed by atoms with van der Waals surface area (Å²) in [7, 11) is 0. The molecule has 0 aliphatic rings. The van der Waals surface area contributed by atoms with Gasteiger partial charge in [-0.15, -0.1) is 71.8 Å². The van der Waals surface area contributed by atoms with Crippen molar-refractivity contribution in [2.45, 2.75) is 0 Å². The molecule has 0 radical (unpaired) electrons. The summed E-state index contributed by atoms with van der Waals surface area (Å²) >= 11 is 0. The summed E-state index contributed by atoms with van der Waals surface area (Å²) in [6, 6.07) is 43.5. The van der Waals surface area contributed by atoms with Gasteiger partial charge in [-0.2, -0.15) is 5.21 Å². The molecule has 3 aromatic carbocycles. The van der Waals surface area contributed by atoms with Crippen LogP contribution in [0.5, 0.6) is 0 Å². The second-order valence-electron chi connectivity index (χ2n) is 8.07. The molecule has 4 heterocycles. The summed E-state index contributed by atoms with van der Waals surface area (Å²) in [5.41, 5.74) is 4.74. The molecule has 0 amide bonds. The van der Waals surface area contributed by atoms with Crippen LogP contribution >= 0.6 is 0 Å². The minimum Gasteiger partial charge on any atom is -0.329 e. The van der Waals surface area contributed by atoms with Crippen molar-refractivity contribution in [3.05, 3.63) is 146 Å². The van der Waals surface area contributed by atoms with Crippen LogP contribution in [0.3, 0.4) is 0 Å². The van der Waals surface area contributed by atoms with Crippen molar-refractivity contribution in [3.8, 4) is 34.0 Å². The smallest absolute Gasteiger partial charge is 0.329 e. The van der Waals surface area contributed by atoms with Gasteiger partial charge < -0.3 is 15.1 Å². The number of fused-ring (bicyclic) bond motifs is 1. The standard InChI is InChI=1S/2C11H8N.C10H6N5.Ir/c2*1-2-6-10(7-3-1)11-8-4-5-9-12-11;1-2-4-8-7(3-1)5-6-11-9(8)10-12-14-15-13-10;/h2*1-6,8-9H;1-6H;/q3*-1;+3. The van der Waals surface area contributed by atoms with E-state index in [9.17, 15) is 0 Å². The van der Waals surface area contributed by atoms with Crippen LogP contribution < -0.4 is 5.10 Å². The molecule has 194 valence electrons. The van der Waals surface area contributed by atoms with Crippen LogP contribution in [0, 0.1) is 12.1 Å². The third-order valence-corrected chi connectivity index (χ3v) is 5.50. The molecular formula is C32H22IrN7. The first-order valence-corrected chi connectivity index (χ1v) is 12.2. The summed E-state index contributed by atoms with van der Waals surface area (Å²) in [6.07, 6.45) is 5.31. The van der Waals surface area contributed by atoms with Crippen molar-refractivity contribution in [2.24, 2.45) is 0 Å². The Morgan fingerprint density at radius 3 is 1.68 bits per heavy atom. The fourth-order valence-corrected chi connectivity index (χ4v) is 3.69. The van der Waals surface area contributed by atoms with E-state index in [4.69, 9.17) is 0 Å². The first-order valence-electron chi connectivity index (χ1n) is 12.2. The largest absolute Gasteiger partial charge is 3.00 e. The van der Waals surface area contributed by atoms with Crippen LogP contribution in [0.15, 0.2) is 134 Å². The molecule has 0 N–H and O–H groups in total. The third kappa shape index (κ3) is 7.57. The van der Waals surface area contributed by atoms with Crippen LogP contribution in [0.4, 0.5) is 0 Å². The molecule has 40 heavy (non-hydrogen) atoms. The number of hydrogen-bond acceptors (Lipinski definition) is 6. The molecule has 0 aliphatic heterocycles. The Hall–Kier alpha value is -4.91. The number of benzene rings is 3. The van der Waals surface area contributed by atoms with Crippen molar-refractivity contribution in [1.82, 2.24) is 35.6 Å². The summed E-state index contributed by atoms with van der Waals surface area (Å²) in [6.45, 7) is 0. The molecule has 8 heteroatoms. The number of pyridine rings is 3. The Kier molecular flexibility index (Phi) is 10.5. The zero-order valence-electron chi connectivity index (χ0n) is 21.2. The molecule has 0 spiro atoms. The van der Waals surface area contributed by atoms with Gasteiger partial charge in [-0.3, -0.25) is 15.3 Å². The molecule has 0 bridgehead atoms. The maximum Gasteiger partial charge on any atom is 3.00 e. The first-order chi connectivity index (χ1) is 19.4. The van der Waals surface area contributed by atoms with E-state index in [0.717, 1.165) is 39.0 Å². The Labute approximate surface area is 245 Å².